The molecular weight excluding hydrogens is 162 g/mol. The second-order valence-corrected chi connectivity index (χ2v) is 4.40. The average molecular weight is 174 g/mol. The lowest BCUT2D eigenvalue weighted by Gasteiger charge is -2.15. The van der Waals surface area contributed by atoms with Crippen LogP contribution in [0.25, 0.3) is 0 Å². The summed E-state index contributed by atoms with van der Waals surface area (Å²) in [7, 11) is 0. The zero-order valence-electron chi connectivity index (χ0n) is 6.73. The maximum Gasteiger partial charge on any atom is 0.224 e. The molecule has 3 atom stereocenters. The molecule has 1 aliphatic carbocycles. The Hall–Kier alpha value is -0.240. The van der Waals surface area contributed by atoms with E-state index in [2.05, 4.69) is 19.2 Å². The average Bonchev–Trinajstić information content (AvgIpc) is 2.37. The van der Waals surface area contributed by atoms with Crippen LogP contribution in [0, 0.1) is 17.3 Å². The molecule has 2 nitrogen and oxygen atoms in total. The fraction of sp³-hybridized carbons (Fsp3) is 0.875. The second-order valence-electron chi connectivity index (χ2n) is 4.09. The van der Waals surface area contributed by atoms with Gasteiger partial charge in [-0.25, -0.2) is 0 Å². The molecule has 2 fully saturated rings. The van der Waals surface area contributed by atoms with E-state index in [0.717, 1.165) is 0 Å². The largest absolute Gasteiger partial charge is 0.352 e. The maximum atomic E-state index is 11.2. The number of halogens is 1. The van der Waals surface area contributed by atoms with Crippen LogP contribution in [0.4, 0.5) is 0 Å². The number of rotatable bonds is 1. The Kier molecular flexibility index (Phi) is 1.29. The van der Waals surface area contributed by atoms with Crippen molar-refractivity contribution in [3.8, 4) is 0 Å². The van der Waals surface area contributed by atoms with Crippen LogP contribution in [-0.4, -0.2) is 17.8 Å². The molecule has 1 saturated heterocycles. The van der Waals surface area contributed by atoms with Gasteiger partial charge in [-0.15, -0.1) is 11.6 Å². The molecule has 62 valence electrons. The van der Waals surface area contributed by atoms with E-state index in [0.29, 0.717) is 11.8 Å². The third-order valence-corrected chi connectivity index (χ3v) is 3.45. The van der Waals surface area contributed by atoms with Gasteiger partial charge in [-0.2, -0.15) is 0 Å². The monoisotopic (exact) mass is 173 g/mol. The van der Waals surface area contributed by atoms with E-state index in [1.807, 2.05) is 0 Å². The number of hydrogen-bond acceptors (Lipinski definition) is 1. The quantitative estimate of drug-likeness (QED) is 0.589. The third kappa shape index (κ3) is 0.763. The standard InChI is InChI=1S/C8H12ClNO/c1-8(2)5-4(3-9)10-7(11)6(5)8/h4-6H,3H2,1-2H3,(H,10,11). The molecule has 1 heterocycles. The summed E-state index contributed by atoms with van der Waals surface area (Å²) in [5.41, 5.74) is 0.210. The maximum absolute atomic E-state index is 11.2. The van der Waals surface area contributed by atoms with Crippen molar-refractivity contribution in [3.05, 3.63) is 0 Å². The first kappa shape index (κ1) is 7.41. The number of nitrogens with one attached hydrogen (secondary N) is 1. The molecule has 0 aromatic rings. The number of carbonyl (C=O) groups excluding carboxylic acids is 1. The molecule has 11 heavy (non-hydrogen) atoms. The first-order valence-corrected chi connectivity index (χ1v) is 4.49. The molecule has 3 unspecified atom stereocenters. The van der Waals surface area contributed by atoms with Crippen molar-refractivity contribution in [1.29, 1.82) is 0 Å². The molecule has 2 rings (SSSR count). The molecule has 0 spiro atoms. The fourth-order valence-electron chi connectivity index (χ4n) is 2.43. The van der Waals surface area contributed by atoms with Gasteiger partial charge in [0, 0.05) is 17.8 Å². The van der Waals surface area contributed by atoms with Gasteiger partial charge in [-0.3, -0.25) is 4.79 Å². The first-order chi connectivity index (χ1) is 5.09. The normalized spacial score (nSPS) is 45.0. The minimum atomic E-state index is 0.200. The molecule has 3 heteroatoms. The van der Waals surface area contributed by atoms with Crippen LogP contribution in [0.3, 0.4) is 0 Å². The number of fused-ring (bicyclic) bond motifs is 1. The Bertz CT molecular complexity index is 214. The lowest BCUT2D eigenvalue weighted by atomic mass is 10.0. The minimum Gasteiger partial charge on any atom is -0.352 e. The highest BCUT2D eigenvalue weighted by Gasteiger charge is 2.68. The van der Waals surface area contributed by atoms with Gasteiger partial charge in [0.1, 0.15) is 0 Å². The van der Waals surface area contributed by atoms with E-state index in [1.165, 1.54) is 0 Å². The van der Waals surface area contributed by atoms with Crippen LogP contribution in [0.1, 0.15) is 13.8 Å². The van der Waals surface area contributed by atoms with Gasteiger partial charge in [0.2, 0.25) is 5.91 Å². The Morgan fingerprint density at radius 1 is 1.64 bits per heavy atom. The SMILES string of the molecule is CC1(C)C2C(=O)NC(CCl)C21. The van der Waals surface area contributed by atoms with E-state index < -0.39 is 0 Å². The highest BCUT2D eigenvalue weighted by Crippen LogP contribution is 2.62. The number of alkyl halides is 1. The van der Waals surface area contributed by atoms with Gasteiger partial charge in [0.05, 0.1) is 0 Å². The number of hydrogen-bond donors (Lipinski definition) is 1. The van der Waals surface area contributed by atoms with E-state index >= 15 is 0 Å². The fourth-order valence-corrected chi connectivity index (χ4v) is 2.70. The topological polar surface area (TPSA) is 29.1 Å². The molecule has 0 radical (unpaired) electrons. The van der Waals surface area contributed by atoms with Crippen molar-refractivity contribution < 1.29 is 4.79 Å². The molecular formula is C8H12ClNO. The van der Waals surface area contributed by atoms with Gasteiger partial charge in [-0.05, 0) is 11.3 Å². The Labute approximate surface area is 71.3 Å². The summed E-state index contributed by atoms with van der Waals surface area (Å²) in [4.78, 5) is 11.2. The molecule has 0 aromatic heterocycles. The lowest BCUT2D eigenvalue weighted by Crippen LogP contribution is -2.35. The van der Waals surface area contributed by atoms with Crippen LogP contribution in [0.15, 0.2) is 0 Å². The van der Waals surface area contributed by atoms with Crippen LogP contribution in [0.2, 0.25) is 0 Å². The van der Waals surface area contributed by atoms with Crippen molar-refractivity contribution in [2.45, 2.75) is 19.9 Å². The molecule has 0 bridgehead atoms. The summed E-state index contributed by atoms with van der Waals surface area (Å²) < 4.78 is 0. The summed E-state index contributed by atoms with van der Waals surface area (Å²) in [5.74, 6) is 1.49. The molecule has 1 aliphatic heterocycles. The van der Waals surface area contributed by atoms with Crippen LogP contribution < -0.4 is 5.32 Å². The van der Waals surface area contributed by atoms with Crippen molar-refractivity contribution >= 4 is 17.5 Å². The van der Waals surface area contributed by atoms with Gasteiger partial charge in [0.15, 0.2) is 0 Å². The van der Waals surface area contributed by atoms with E-state index in [-0.39, 0.29) is 23.3 Å². The van der Waals surface area contributed by atoms with E-state index in [9.17, 15) is 4.79 Å². The number of piperidine rings is 1. The van der Waals surface area contributed by atoms with Gasteiger partial charge < -0.3 is 5.32 Å². The summed E-state index contributed by atoms with van der Waals surface area (Å²) in [6.07, 6.45) is 0. The van der Waals surface area contributed by atoms with Gasteiger partial charge in [0.25, 0.3) is 0 Å². The van der Waals surface area contributed by atoms with Crippen molar-refractivity contribution in [3.63, 3.8) is 0 Å². The molecule has 1 N–H and O–H groups in total. The smallest absolute Gasteiger partial charge is 0.224 e. The Morgan fingerprint density at radius 3 is 2.55 bits per heavy atom. The van der Waals surface area contributed by atoms with Gasteiger partial charge >= 0.3 is 0 Å². The minimum absolute atomic E-state index is 0.200. The number of amides is 1. The summed E-state index contributed by atoms with van der Waals surface area (Å²) in [6, 6.07) is 0.226. The molecule has 1 saturated carbocycles. The van der Waals surface area contributed by atoms with E-state index in [1.54, 1.807) is 0 Å². The predicted molar refractivity (Wildman–Crippen MR) is 43.4 cm³/mol. The lowest BCUT2D eigenvalue weighted by molar-refractivity contribution is -0.122. The van der Waals surface area contributed by atoms with Crippen LogP contribution in [0.5, 0.6) is 0 Å². The summed E-state index contributed by atoms with van der Waals surface area (Å²) in [5, 5.41) is 2.89. The van der Waals surface area contributed by atoms with Crippen LogP contribution >= 0.6 is 11.6 Å². The Balaban J connectivity index is 2.19. The number of carbonyl (C=O) groups is 1. The highest BCUT2D eigenvalue weighted by atomic mass is 35.5. The summed E-state index contributed by atoms with van der Waals surface area (Å²) >= 11 is 5.71. The van der Waals surface area contributed by atoms with Crippen molar-refractivity contribution in [1.82, 2.24) is 5.32 Å². The second kappa shape index (κ2) is 1.92. The zero-order valence-corrected chi connectivity index (χ0v) is 7.48. The molecule has 2 aliphatic rings. The first-order valence-electron chi connectivity index (χ1n) is 3.95. The Morgan fingerprint density at radius 2 is 2.27 bits per heavy atom. The summed E-state index contributed by atoms with van der Waals surface area (Å²) in [6.45, 7) is 4.28. The molecule has 0 aromatic carbocycles. The zero-order chi connectivity index (χ0) is 8.22. The van der Waals surface area contributed by atoms with Crippen molar-refractivity contribution in [2.75, 3.05) is 5.88 Å². The van der Waals surface area contributed by atoms with Crippen LogP contribution in [-0.2, 0) is 4.79 Å². The van der Waals surface area contributed by atoms with E-state index in [4.69, 9.17) is 11.6 Å². The van der Waals surface area contributed by atoms with Gasteiger partial charge in [-0.1, -0.05) is 13.8 Å². The predicted octanol–water partition coefficient (Wildman–Crippen LogP) is 0.996. The molecule has 1 amide bonds. The van der Waals surface area contributed by atoms with Crippen molar-refractivity contribution in [2.24, 2.45) is 17.3 Å². The third-order valence-electron chi connectivity index (χ3n) is 3.12. The highest BCUT2D eigenvalue weighted by molar-refractivity contribution is 6.18.